The van der Waals surface area contributed by atoms with Crippen molar-refractivity contribution in [2.75, 3.05) is 5.32 Å². The van der Waals surface area contributed by atoms with Crippen LogP contribution in [-0.2, 0) is 6.18 Å². The standard InChI is InChI=1S/C16H8Cl2F3NOS/c17-8-5-6-9-12(7-8)24-14(13(9)18)15(23)22-11-4-2-1-3-10(11)16(19,20)21/h1-7H,(H,22,23). The van der Waals surface area contributed by atoms with Crippen molar-refractivity contribution in [2.45, 2.75) is 6.18 Å². The largest absolute Gasteiger partial charge is 0.418 e. The maximum absolute atomic E-state index is 13.0. The van der Waals surface area contributed by atoms with E-state index in [0.717, 1.165) is 17.4 Å². The van der Waals surface area contributed by atoms with Gasteiger partial charge in [-0.25, -0.2) is 0 Å². The van der Waals surface area contributed by atoms with Crippen molar-refractivity contribution in [3.63, 3.8) is 0 Å². The highest BCUT2D eigenvalue weighted by Gasteiger charge is 2.33. The van der Waals surface area contributed by atoms with E-state index in [-0.39, 0.29) is 15.6 Å². The summed E-state index contributed by atoms with van der Waals surface area (Å²) in [6.07, 6.45) is -4.57. The molecule has 0 radical (unpaired) electrons. The van der Waals surface area contributed by atoms with Crippen LogP contribution in [-0.4, -0.2) is 5.91 Å². The van der Waals surface area contributed by atoms with Crippen LogP contribution in [0.1, 0.15) is 15.2 Å². The average Bonchev–Trinajstić information content (AvgIpc) is 2.83. The lowest BCUT2D eigenvalue weighted by atomic mass is 10.1. The van der Waals surface area contributed by atoms with Gasteiger partial charge in [0.1, 0.15) is 4.88 Å². The van der Waals surface area contributed by atoms with Crippen LogP contribution in [0.25, 0.3) is 10.1 Å². The number of nitrogens with one attached hydrogen (secondary N) is 1. The number of amides is 1. The van der Waals surface area contributed by atoms with E-state index in [1.807, 2.05) is 0 Å². The molecule has 2 aromatic carbocycles. The van der Waals surface area contributed by atoms with Crippen LogP contribution in [0.4, 0.5) is 18.9 Å². The van der Waals surface area contributed by atoms with Crippen LogP contribution in [0.15, 0.2) is 42.5 Å². The molecule has 8 heteroatoms. The Balaban J connectivity index is 1.98. The molecule has 0 aliphatic carbocycles. The fraction of sp³-hybridized carbons (Fsp3) is 0.0625. The predicted molar refractivity (Wildman–Crippen MR) is 91.2 cm³/mol. The summed E-state index contributed by atoms with van der Waals surface area (Å²) >= 11 is 13.2. The van der Waals surface area contributed by atoms with Crippen LogP contribution in [0.5, 0.6) is 0 Å². The van der Waals surface area contributed by atoms with E-state index < -0.39 is 17.6 Å². The van der Waals surface area contributed by atoms with E-state index in [1.165, 1.54) is 18.2 Å². The van der Waals surface area contributed by atoms with Gasteiger partial charge in [0.15, 0.2) is 0 Å². The molecule has 3 rings (SSSR count). The molecule has 0 spiro atoms. The smallest absolute Gasteiger partial charge is 0.321 e. The Labute approximate surface area is 148 Å². The van der Waals surface area contributed by atoms with Crippen molar-refractivity contribution in [1.82, 2.24) is 0 Å². The lowest BCUT2D eigenvalue weighted by Gasteiger charge is -2.13. The van der Waals surface area contributed by atoms with Crippen LogP contribution < -0.4 is 5.32 Å². The Morgan fingerprint density at radius 2 is 1.79 bits per heavy atom. The van der Waals surface area contributed by atoms with Crippen molar-refractivity contribution >= 4 is 56.2 Å². The number of carbonyl (C=O) groups is 1. The molecule has 1 aromatic heterocycles. The zero-order valence-electron chi connectivity index (χ0n) is 11.7. The third kappa shape index (κ3) is 3.22. The lowest BCUT2D eigenvalue weighted by molar-refractivity contribution is -0.136. The van der Waals surface area contributed by atoms with Gasteiger partial charge in [0.05, 0.1) is 16.3 Å². The minimum Gasteiger partial charge on any atom is -0.321 e. The molecule has 24 heavy (non-hydrogen) atoms. The summed E-state index contributed by atoms with van der Waals surface area (Å²) in [7, 11) is 0. The van der Waals surface area contributed by atoms with E-state index in [1.54, 1.807) is 18.2 Å². The van der Waals surface area contributed by atoms with Crippen LogP contribution in [0.3, 0.4) is 0 Å². The van der Waals surface area contributed by atoms with Crippen molar-refractivity contribution in [1.29, 1.82) is 0 Å². The van der Waals surface area contributed by atoms with E-state index in [2.05, 4.69) is 5.32 Å². The second-order valence-corrected chi connectivity index (χ2v) is 6.75. The molecule has 0 atom stereocenters. The van der Waals surface area contributed by atoms with Crippen LogP contribution >= 0.6 is 34.5 Å². The summed E-state index contributed by atoms with van der Waals surface area (Å²) in [5.74, 6) is -0.700. The topological polar surface area (TPSA) is 29.1 Å². The number of rotatable bonds is 2. The summed E-state index contributed by atoms with van der Waals surface area (Å²) in [4.78, 5) is 12.5. The number of anilines is 1. The third-order valence-electron chi connectivity index (χ3n) is 3.28. The Bertz CT molecular complexity index is 937. The number of benzene rings is 2. The van der Waals surface area contributed by atoms with Gasteiger partial charge >= 0.3 is 6.18 Å². The lowest BCUT2D eigenvalue weighted by Crippen LogP contribution is -2.15. The fourth-order valence-electron chi connectivity index (χ4n) is 2.20. The second-order valence-electron chi connectivity index (χ2n) is 4.88. The number of halogens is 5. The molecular formula is C16H8Cl2F3NOS. The normalized spacial score (nSPS) is 11.7. The number of fused-ring (bicyclic) bond motifs is 1. The predicted octanol–water partition coefficient (Wildman–Crippen LogP) is 6.48. The maximum atomic E-state index is 13.0. The minimum absolute atomic E-state index is 0.130. The van der Waals surface area contributed by atoms with Gasteiger partial charge in [0.25, 0.3) is 5.91 Å². The molecule has 0 aliphatic heterocycles. The zero-order chi connectivity index (χ0) is 17.5. The van der Waals surface area contributed by atoms with Gasteiger partial charge in [-0.15, -0.1) is 11.3 Å². The molecule has 0 aliphatic rings. The van der Waals surface area contributed by atoms with Gasteiger partial charge in [-0.1, -0.05) is 41.4 Å². The number of carbonyl (C=O) groups excluding carboxylic acids is 1. The monoisotopic (exact) mass is 389 g/mol. The fourth-order valence-corrected chi connectivity index (χ4v) is 3.89. The van der Waals surface area contributed by atoms with E-state index in [9.17, 15) is 18.0 Å². The first kappa shape index (κ1) is 17.1. The Kier molecular flexibility index (Phi) is 4.46. The molecule has 0 saturated carbocycles. The molecule has 0 fully saturated rings. The average molecular weight is 390 g/mol. The highest BCUT2D eigenvalue weighted by Crippen LogP contribution is 2.38. The Hall–Kier alpha value is -1.76. The van der Waals surface area contributed by atoms with E-state index >= 15 is 0 Å². The molecule has 2 nitrogen and oxygen atoms in total. The van der Waals surface area contributed by atoms with Gasteiger partial charge in [-0.2, -0.15) is 13.2 Å². The van der Waals surface area contributed by atoms with Crippen molar-refractivity contribution in [3.8, 4) is 0 Å². The maximum Gasteiger partial charge on any atom is 0.418 e. The highest BCUT2D eigenvalue weighted by molar-refractivity contribution is 7.21. The van der Waals surface area contributed by atoms with E-state index in [0.29, 0.717) is 15.1 Å². The summed E-state index contributed by atoms with van der Waals surface area (Å²) in [5.41, 5.74) is -1.24. The van der Waals surface area contributed by atoms with Gasteiger partial charge in [-0.05, 0) is 24.3 Å². The molecule has 1 heterocycles. The number of alkyl halides is 3. The second kappa shape index (κ2) is 6.27. The third-order valence-corrected chi connectivity index (χ3v) is 5.17. The summed E-state index contributed by atoms with van der Waals surface area (Å²) in [6, 6.07) is 9.71. The molecule has 1 amide bonds. The Morgan fingerprint density at radius 1 is 1.08 bits per heavy atom. The SMILES string of the molecule is O=C(Nc1ccccc1C(F)(F)F)c1sc2cc(Cl)ccc2c1Cl. The highest BCUT2D eigenvalue weighted by atomic mass is 35.5. The molecule has 0 unspecified atom stereocenters. The quantitative estimate of drug-likeness (QED) is 0.533. The van der Waals surface area contributed by atoms with Gasteiger partial charge < -0.3 is 5.32 Å². The van der Waals surface area contributed by atoms with Crippen molar-refractivity contribution in [3.05, 3.63) is 63.0 Å². The zero-order valence-corrected chi connectivity index (χ0v) is 14.1. The number of para-hydroxylation sites is 1. The molecule has 0 saturated heterocycles. The molecular weight excluding hydrogens is 382 g/mol. The molecule has 1 N–H and O–H groups in total. The Morgan fingerprint density at radius 3 is 2.50 bits per heavy atom. The van der Waals surface area contributed by atoms with Gasteiger partial charge in [0.2, 0.25) is 0 Å². The summed E-state index contributed by atoms with van der Waals surface area (Å²) < 4.78 is 39.7. The number of hydrogen-bond donors (Lipinski definition) is 1. The molecule has 0 bridgehead atoms. The minimum atomic E-state index is -4.57. The molecule has 124 valence electrons. The van der Waals surface area contributed by atoms with Gasteiger partial charge in [-0.3, -0.25) is 4.79 Å². The van der Waals surface area contributed by atoms with Crippen molar-refractivity contribution < 1.29 is 18.0 Å². The number of thiophene rings is 1. The summed E-state index contributed by atoms with van der Waals surface area (Å²) in [5, 5.41) is 3.58. The molecule has 3 aromatic rings. The number of hydrogen-bond acceptors (Lipinski definition) is 2. The van der Waals surface area contributed by atoms with E-state index in [4.69, 9.17) is 23.2 Å². The van der Waals surface area contributed by atoms with Crippen LogP contribution in [0, 0.1) is 0 Å². The van der Waals surface area contributed by atoms with Crippen LogP contribution in [0.2, 0.25) is 10.0 Å². The van der Waals surface area contributed by atoms with Gasteiger partial charge in [0, 0.05) is 15.1 Å². The first-order valence-electron chi connectivity index (χ1n) is 6.62. The summed E-state index contributed by atoms with van der Waals surface area (Å²) in [6.45, 7) is 0. The van der Waals surface area contributed by atoms with Crippen molar-refractivity contribution in [2.24, 2.45) is 0 Å². The first-order valence-corrected chi connectivity index (χ1v) is 8.20. The first-order chi connectivity index (χ1) is 11.3.